The number of aromatic nitrogens is 1. The standard InChI is InChI=1S/C15H24N2O3/c1-3-10(4-2)13-9-14(20-17-13)15(19)16-12(7-8-18)11-5-6-11/h9-12,18H,3-8H2,1-2H3,(H,16,19). The number of carbonyl (C=O) groups excluding carboxylic acids is 1. The van der Waals surface area contributed by atoms with Crippen molar-refractivity contribution >= 4 is 5.91 Å². The zero-order valence-electron chi connectivity index (χ0n) is 12.3. The molecule has 1 saturated carbocycles. The fourth-order valence-corrected chi connectivity index (χ4v) is 2.60. The van der Waals surface area contributed by atoms with E-state index in [-0.39, 0.29) is 24.3 Å². The van der Waals surface area contributed by atoms with Crippen molar-refractivity contribution < 1.29 is 14.4 Å². The summed E-state index contributed by atoms with van der Waals surface area (Å²) in [7, 11) is 0. The number of aliphatic hydroxyl groups excluding tert-OH is 1. The lowest BCUT2D eigenvalue weighted by atomic mass is 9.99. The predicted molar refractivity (Wildman–Crippen MR) is 75.5 cm³/mol. The third-order valence-corrected chi connectivity index (χ3v) is 4.10. The molecule has 0 radical (unpaired) electrons. The third-order valence-electron chi connectivity index (χ3n) is 4.10. The molecule has 1 aromatic rings. The van der Waals surface area contributed by atoms with Crippen LogP contribution in [0.4, 0.5) is 0 Å². The van der Waals surface area contributed by atoms with Gasteiger partial charge >= 0.3 is 0 Å². The van der Waals surface area contributed by atoms with Gasteiger partial charge in [0.2, 0.25) is 5.76 Å². The first-order valence-corrected chi connectivity index (χ1v) is 7.57. The van der Waals surface area contributed by atoms with Gasteiger partial charge in [-0.3, -0.25) is 4.79 Å². The van der Waals surface area contributed by atoms with Crippen LogP contribution in [0.2, 0.25) is 0 Å². The highest BCUT2D eigenvalue weighted by atomic mass is 16.5. The molecule has 1 atom stereocenters. The molecule has 0 aromatic carbocycles. The van der Waals surface area contributed by atoms with Gasteiger partial charge in [-0.1, -0.05) is 19.0 Å². The lowest BCUT2D eigenvalue weighted by Gasteiger charge is -2.15. The van der Waals surface area contributed by atoms with Gasteiger partial charge in [-0.25, -0.2) is 0 Å². The van der Waals surface area contributed by atoms with E-state index in [1.54, 1.807) is 6.07 Å². The fraction of sp³-hybridized carbons (Fsp3) is 0.733. The molecule has 1 aromatic heterocycles. The van der Waals surface area contributed by atoms with E-state index in [1.807, 2.05) is 0 Å². The van der Waals surface area contributed by atoms with Gasteiger partial charge in [0, 0.05) is 24.6 Å². The van der Waals surface area contributed by atoms with Crippen LogP contribution >= 0.6 is 0 Å². The van der Waals surface area contributed by atoms with Crippen molar-refractivity contribution in [2.24, 2.45) is 5.92 Å². The molecular formula is C15H24N2O3. The van der Waals surface area contributed by atoms with Gasteiger partial charge in [-0.15, -0.1) is 0 Å². The number of nitrogens with zero attached hydrogens (tertiary/aromatic N) is 1. The van der Waals surface area contributed by atoms with Crippen molar-refractivity contribution in [2.75, 3.05) is 6.61 Å². The number of amides is 1. The molecule has 1 unspecified atom stereocenters. The Bertz CT molecular complexity index is 436. The Morgan fingerprint density at radius 3 is 2.75 bits per heavy atom. The van der Waals surface area contributed by atoms with Gasteiger partial charge in [0.05, 0.1) is 5.69 Å². The average molecular weight is 280 g/mol. The molecule has 5 heteroatoms. The van der Waals surface area contributed by atoms with Crippen LogP contribution in [-0.2, 0) is 0 Å². The SMILES string of the molecule is CCC(CC)c1cc(C(=O)NC(CCO)C2CC2)on1. The monoisotopic (exact) mass is 280 g/mol. The number of carbonyl (C=O) groups is 1. The van der Waals surface area contributed by atoms with Crippen LogP contribution in [0.15, 0.2) is 10.6 Å². The normalized spacial score (nSPS) is 16.4. The Morgan fingerprint density at radius 2 is 2.20 bits per heavy atom. The maximum Gasteiger partial charge on any atom is 0.290 e. The summed E-state index contributed by atoms with van der Waals surface area (Å²) in [5.41, 5.74) is 0.852. The highest BCUT2D eigenvalue weighted by Crippen LogP contribution is 2.34. The van der Waals surface area contributed by atoms with Crippen LogP contribution < -0.4 is 5.32 Å². The Kier molecular flexibility index (Phi) is 5.17. The molecule has 5 nitrogen and oxygen atoms in total. The molecule has 2 rings (SSSR count). The summed E-state index contributed by atoms with van der Waals surface area (Å²) in [6, 6.07) is 1.80. The van der Waals surface area contributed by atoms with E-state index in [1.165, 1.54) is 0 Å². The smallest absolute Gasteiger partial charge is 0.290 e. The van der Waals surface area contributed by atoms with E-state index >= 15 is 0 Å². The highest BCUT2D eigenvalue weighted by molar-refractivity contribution is 5.91. The number of aliphatic hydroxyl groups is 1. The van der Waals surface area contributed by atoms with Crippen molar-refractivity contribution in [1.29, 1.82) is 0 Å². The summed E-state index contributed by atoms with van der Waals surface area (Å²) >= 11 is 0. The van der Waals surface area contributed by atoms with Crippen molar-refractivity contribution in [3.05, 3.63) is 17.5 Å². The molecule has 112 valence electrons. The first-order valence-electron chi connectivity index (χ1n) is 7.57. The number of hydrogen-bond acceptors (Lipinski definition) is 4. The average Bonchev–Trinajstić information content (AvgIpc) is 3.18. The summed E-state index contributed by atoms with van der Waals surface area (Å²) < 4.78 is 5.17. The second-order valence-electron chi connectivity index (χ2n) is 5.56. The van der Waals surface area contributed by atoms with E-state index < -0.39 is 0 Å². The largest absolute Gasteiger partial charge is 0.396 e. The molecule has 1 heterocycles. The quantitative estimate of drug-likeness (QED) is 0.767. The van der Waals surface area contributed by atoms with Crippen LogP contribution in [0.25, 0.3) is 0 Å². The second kappa shape index (κ2) is 6.88. The number of hydrogen-bond donors (Lipinski definition) is 2. The Labute approximate surface area is 119 Å². The van der Waals surface area contributed by atoms with Crippen molar-refractivity contribution in [2.45, 2.75) is 57.9 Å². The molecule has 0 spiro atoms. The lowest BCUT2D eigenvalue weighted by Crippen LogP contribution is -2.37. The van der Waals surface area contributed by atoms with Gasteiger partial charge < -0.3 is 14.9 Å². The number of rotatable bonds is 8. The third kappa shape index (κ3) is 3.60. The lowest BCUT2D eigenvalue weighted by molar-refractivity contribution is 0.0886. The topological polar surface area (TPSA) is 75.4 Å². The molecule has 0 bridgehead atoms. The molecule has 1 aliphatic carbocycles. The molecular weight excluding hydrogens is 256 g/mol. The van der Waals surface area contributed by atoms with E-state index in [2.05, 4.69) is 24.3 Å². The van der Waals surface area contributed by atoms with Crippen LogP contribution in [0.3, 0.4) is 0 Å². The summed E-state index contributed by atoms with van der Waals surface area (Å²) in [5, 5.41) is 16.0. The summed E-state index contributed by atoms with van der Waals surface area (Å²) in [6.45, 7) is 4.30. The molecule has 2 N–H and O–H groups in total. The molecule has 1 amide bonds. The van der Waals surface area contributed by atoms with Gasteiger partial charge in [-0.2, -0.15) is 0 Å². The predicted octanol–water partition coefficient (Wildman–Crippen LogP) is 2.47. The van der Waals surface area contributed by atoms with E-state index in [0.29, 0.717) is 18.3 Å². The minimum Gasteiger partial charge on any atom is -0.396 e. The van der Waals surface area contributed by atoms with E-state index in [9.17, 15) is 4.79 Å². The summed E-state index contributed by atoms with van der Waals surface area (Å²) in [4.78, 5) is 12.1. The van der Waals surface area contributed by atoms with Crippen LogP contribution in [0, 0.1) is 5.92 Å². The molecule has 1 fully saturated rings. The minimum absolute atomic E-state index is 0.0502. The first kappa shape index (κ1) is 15.0. The maximum absolute atomic E-state index is 12.1. The summed E-state index contributed by atoms with van der Waals surface area (Å²) in [6.07, 6.45) is 4.82. The maximum atomic E-state index is 12.1. The zero-order chi connectivity index (χ0) is 14.5. The van der Waals surface area contributed by atoms with Gasteiger partial charge in [0.1, 0.15) is 0 Å². The van der Waals surface area contributed by atoms with Crippen LogP contribution in [0.1, 0.15) is 68.1 Å². The summed E-state index contributed by atoms with van der Waals surface area (Å²) in [5.74, 6) is 0.903. The van der Waals surface area contributed by atoms with Crippen LogP contribution in [0.5, 0.6) is 0 Å². The van der Waals surface area contributed by atoms with Crippen molar-refractivity contribution in [1.82, 2.24) is 10.5 Å². The van der Waals surface area contributed by atoms with Crippen molar-refractivity contribution in [3.63, 3.8) is 0 Å². The van der Waals surface area contributed by atoms with Crippen LogP contribution in [-0.4, -0.2) is 28.8 Å². The molecule has 20 heavy (non-hydrogen) atoms. The first-order chi connectivity index (χ1) is 9.69. The van der Waals surface area contributed by atoms with Gasteiger partial charge in [0.15, 0.2) is 0 Å². The van der Waals surface area contributed by atoms with E-state index in [4.69, 9.17) is 9.63 Å². The molecule has 0 saturated heterocycles. The second-order valence-corrected chi connectivity index (χ2v) is 5.56. The fourth-order valence-electron chi connectivity index (χ4n) is 2.60. The van der Waals surface area contributed by atoms with Gasteiger partial charge in [0.25, 0.3) is 5.91 Å². The molecule has 0 aliphatic heterocycles. The minimum atomic E-state index is -0.222. The Hall–Kier alpha value is -1.36. The highest BCUT2D eigenvalue weighted by Gasteiger charge is 2.32. The van der Waals surface area contributed by atoms with Gasteiger partial charge in [-0.05, 0) is 38.0 Å². The Balaban J connectivity index is 1.98. The zero-order valence-corrected chi connectivity index (χ0v) is 12.3. The van der Waals surface area contributed by atoms with E-state index in [0.717, 1.165) is 31.4 Å². The van der Waals surface area contributed by atoms with Crippen molar-refractivity contribution in [3.8, 4) is 0 Å². The Morgan fingerprint density at radius 1 is 1.50 bits per heavy atom. The number of nitrogens with one attached hydrogen (secondary N) is 1. The molecule has 1 aliphatic rings.